The van der Waals surface area contributed by atoms with Gasteiger partial charge in [0.05, 0.1) is 6.20 Å². The third kappa shape index (κ3) is 4.05. The summed E-state index contributed by atoms with van der Waals surface area (Å²) in [6.07, 6.45) is 7.60. The quantitative estimate of drug-likeness (QED) is 0.857. The van der Waals surface area contributed by atoms with E-state index in [4.69, 9.17) is 4.74 Å². The van der Waals surface area contributed by atoms with Gasteiger partial charge in [0, 0.05) is 38.5 Å². The molecule has 0 bridgehead atoms. The first-order valence-corrected chi connectivity index (χ1v) is 7.46. The van der Waals surface area contributed by atoms with E-state index in [1.165, 1.54) is 5.56 Å². The standard InChI is InChI=1S/C15H27N3O/c1-4-18-11-14(10-17-18)9-15(12-16-13(2)3)5-7-19-8-6-15/h10-11,13,16H,4-9,12H2,1-3H3. The fourth-order valence-electron chi connectivity index (χ4n) is 2.74. The number of nitrogens with one attached hydrogen (secondary N) is 1. The van der Waals surface area contributed by atoms with E-state index < -0.39 is 0 Å². The molecule has 1 fully saturated rings. The van der Waals surface area contributed by atoms with E-state index in [-0.39, 0.29) is 0 Å². The van der Waals surface area contributed by atoms with Crippen LogP contribution in [-0.2, 0) is 17.7 Å². The van der Waals surface area contributed by atoms with Gasteiger partial charge in [0.25, 0.3) is 0 Å². The molecule has 19 heavy (non-hydrogen) atoms. The van der Waals surface area contributed by atoms with E-state index >= 15 is 0 Å². The van der Waals surface area contributed by atoms with Crippen molar-refractivity contribution in [1.29, 1.82) is 0 Å². The highest BCUT2D eigenvalue weighted by molar-refractivity contribution is 5.08. The van der Waals surface area contributed by atoms with E-state index in [1.807, 2.05) is 10.9 Å². The fourth-order valence-corrected chi connectivity index (χ4v) is 2.74. The number of aryl methyl sites for hydroxylation is 1. The third-order valence-corrected chi connectivity index (χ3v) is 4.03. The number of hydrogen-bond donors (Lipinski definition) is 1. The Kier molecular flexibility index (Phi) is 4.99. The predicted octanol–water partition coefficient (Wildman–Crippen LogP) is 2.24. The highest BCUT2D eigenvalue weighted by Crippen LogP contribution is 2.33. The van der Waals surface area contributed by atoms with Crippen LogP contribution in [0.1, 0.15) is 39.2 Å². The lowest BCUT2D eigenvalue weighted by Gasteiger charge is -2.38. The van der Waals surface area contributed by atoms with Gasteiger partial charge in [0.15, 0.2) is 0 Å². The molecular weight excluding hydrogens is 238 g/mol. The van der Waals surface area contributed by atoms with Crippen LogP contribution < -0.4 is 5.32 Å². The number of hydrogen-bond acceptors (Lipinski definition) is 3. The monoisotopic (exact) mass is 265 g/mol. The molecule has 108 valence electrons. The van der Waals surface area contributed by atoms with Gasteiger partial charge < -0.3 is 10.1 Å². The summed E-state index contributed by atoms with van der Waals surface area (Å²) in [5.41, 5.74) is 1.69. The van der Waals surface area contributed by atoms with Crippen molar-refractivity contribution < 1.29 is 4.74 Å². The van der Waals surface area contributed by atoms with Gasteiger partial charge in [0.2, 0.25) is 0 Å². The van der Waals surface area contributed by atoms with Crippen molar-refractivity contribution in [1.82, 2.24) is 15.1 Å². The minimum atomic E-state index is 0.337. The average molecular weight is 265 g/mol. The van der Waals surface area contributed by atoms with Crippen molar-refractivity contribution in [3.63, 3.8) is 0 Å². The van der Waals surface area contributed by atoms with Crippen LogP contribution >= 0.6 is 0 Å². The van der Waals surface area contributed by atoms with Gasteiger partial charge in [-0.1, -0.05) is 13.8 Å². The molecule has 0 saturated carbocycles. The van der Waals surface area contributed by atoms with Gasteiger partial charge in [-0.15, -0.1) is 0 Å². The molecule has 1 aliphatic rings. The van der Waals surface area contributed by atoms with Gasteiger partial charge in [-0.2, -0.15) is 5.10 Å². The van der Waals surface area contributed by atoms with Crippen molar-refractivity contribution in [2.24, 2.45) is 5.41 Å². The van der Waals surface area contributed by atoms with Gasteiger partial charge in [0.1, 0.15) is 0 Å². The van der Waals surface area contributed by atoms with Crippen LogP contribution in [0, 0.1) is 5.41 Å². The lowest BCUT2D eigenvalue weighted by Crippen LogP contribution is -2.42. The normalized spacial score (nSPS) is 18.9. The topological polar surface area (TPSA) is 39.1 Å². The van der Waals surface area contributed by atoms with E-state index in [9.17, 15) is 0 Å². The van der Waals surface area contributed by atoms with Gasteiger partial charge >= 0.3 is 0 Å². The zero-order valence-electron chi connectivity index (χ0n) is 12.5. The van der Waals surface area contributed by atoms with Crippen molar-refractivity contribution >= 4 is 0 Å². The van der Waals surface area contributed by atoms with E-state index in [0.717, 1.165) is 45.6 Å². The SMILES string of the molecule is CCn1cc(CC2(CNC(C)C)CCOCC2)cn1. The van der Waals surface area contributed by atoms with Crippen LogP contribution in [0.4, 0.5) is 0 Å². The summed E-state index contributed by atoms with van der Waals surface area (Å²) in [4.78, 5) is 0. The predicted molar refractivity (Wildman–Crippen MR) is 77.2 cm³/mol. The molecule has 1 N–H and O–H groups in total. The molecule has 0 radical (unpaired) electrons. The highest BCUT2D eigenvalue weighted by Gasteiger charge is 2.33. The van der Waals surface area contributed by atoms with Gasteiger partial charge in [-0.25, -0.2) is 0 Å². The third-order valence-electron chi connectivity index (χ3n) is 4.03. The first-order chi connectivity index (χ1) is 9.13. The Hall–Kier alpha value is -0.870. The Morgan fingerprint density at radius 3 is 2.74 bits per heavy atom. The molecule has 0 aliphatic carbocycles. The summed E-state index contributed by atoms with van der Waals surface area (Å²) in [5, 5.41) is 8.01. The summed E-state index contributed by atoms with van der Waals surface area (Å²) in [7, 11) is 0. The number of aromatic nitrogens is 2. The molecule has 1 saturated heterocycles. The minimum Gasteiger partial charge on any atom is -0.381 e. The summed E-state index contributed by atoms with van der Waals surface area (Å²) in [6.45, 7) is 10.3. The Bertz CT molecular complexity index is 380. The second-order valence-electron chi connectivity index (χ2n) is 6.03. The largest absolute Gasteiger partial charge is 0.381 e. The molecule has 1 aromatic heterocycles. The van der Waals surface area contributed by atoms with E-state index in [2.05, 4.69) is 37.4 Å². The summed E-state index contributed by atoms with van der Waals surface area (Å²) >= 11 is 0. The first kappa shape index (κ1) is 14.5. The Labute approximate surface area is 116 Å². The maximum Gasteiger partial charge on any atom is 0.0521 e. The summed E-state index contributed by atoms with van der Waals surface area (Å²) in [5.74, 6) is 0. The molecule has 1 aliphatic heterocycles. The number of rotatable bonds is 6. The van der Waals surface area contributed by atoms with Crippen molar-refractivity contribution in [3.8, 4) is 0 Å². The number of nitrogens with zero attached hydrogens (tertiary/aromatic N) is 2. The zero-order valence-corrected chi connectivity index (χ0v) is 12.5. The van der Waals surface area contributed by atoms with E-state index in [0.29, 0.717) is 11.5 Å². The highest BCUT2D eigenvalue weighted by atomic mass is 16.5. The van der Waals surface area contributed by atoms with Crippen LogP contribution in [0.3, 0.4) is 0 Å². The Morgan fingerprint density at radius 1 is 1.42 bits per heavy atom. The molecule has 0 amide bonds. The van der Waals surface area contributed by atoms with Crippen molar-refractivity contribution in [2.75, 3.05) is 19.8 Å². The fraction of sp³-hybridized carbons (Fsp3) is 0.800. The van der Waals surface area contributed by atoms with Crippen LogP contribution in [0.15, 0.2) is 12.4 Å². The lowest BCUT2D eigenvalue weighted by atomic mass is 9.75. The molecule has 0 aromatic carbocycles. The second kappa shape index (κ2) is 6.53. The Balaban J connectivity index is 2.03. The maximum atomic E-state index is 5.55. The number of ether oxygens (including phenoxy) is 1. The molecule has 2 heterocycles. The van der Waals surface area contributed by atoms with Crippen molar-refractivity contribution in [2.45, 2.75) is 52.6 Å². The van der Waals surface area contributed by atoms with Crippen LogP contribution in [0.5, 0.6) is 0 Å². The Morgan fingerprint density at radius 2 is 2.16 bits per heavy atom. The van der Waals surface area contributed by atoms with Gasteiger partial charge in [-0.05, 0) is 37.2 Å². The molecule has 1 aromatic rings. The lowest BCUT2D eigenvalue weighted by molar-refractivity contribution is 0.0141. The summed E-state index contributed by atoms with van der Waals surface area (Å²) in [6, 6.07) is 0.540. The molecule has 4 nitrogen and oxygen atoms in total. The zero-order chi connectivity index (χ0) is 13.7. The molecule has 2 rings (SSSR count). The first-order valence-electron chi connectivity index (χ1n) is 7.46. The maximum absolute atomic E-state index is 5.55. The second-order valence-corrected chi connectivity index (χ2v) is 6.03. The van der Waals surface area contributed by atoms with Crippen LogP contribution in [-0.4, -0.2) is 35.6 Å². The molecule has 0 unspecified atom stereocenters. The van der Waals surface area contributed by atoms with Gasteiger partial charge in [-0.3, -0.25) is 4.68 Å². The molecule has 0 spiro atoms. The molecular formula is C15H27N3O. The van der Waals surface area contributed by atoms with E-state index in [1.54, 1.807) is 0 Å². The molecule has 0 atom stereocenters. The van der Waals surface area contributed by atoms with Crippen LogP contribution in [0.25, 0.3) is 0 Å². The van der Waals surface area contributed by atoms with Crippen molar-refractivity contribution in [3.05, 3.63) is 18.0 Å². The average Bonchev–Trinajstić information content (AvgIpc) is 2.85. The molecule has 4 heteroatoms. The smallest absolute Gasteiger partial charge is 0.0521 e. The minimum absolute atomic E-state index is 0.337. The van der Waals surface area contributed by atoms with Crippen LogP contribution in [0.2, 0.25) is 0 Å². The summed E-state index contributed by atoms with van der Waals surface area (Å²) < 4.78 is 7.56.